The monoisotopic (exact) mass is 191 g/mol. The van der Waals surface area contributed by atoms with Gasteiger partial charge in [-0.15, -0.1) is 0 Å². The zero-order valence-electron chi connectivity index (χ0n) is 9.72. The molecule has 0 bridgehead atoms. The van der Waals surface area contributed by atoms with Crippen molar-refractivity contribution in [1.29, 1.82) is 0 Å². The van der Waals surface area contributed by atoms with Crippen LogP contribution in [0.2, 0.25) is 0 Å². The molecule has 0 aromatic heterocycles. The third-order valence-electron chi connectivity index (χ3n) is 2.25. The molecule has 1 aromatic carbocycles. The van der Waals surface area contributed by atoms with Gasteiger partial charge in [0.1, 0.15) is 0 Å². The Morgan fingerprint density at radius 3 is 1.93 bits per heavy atom. The SMILES string of the molecule is CCc1ccc(CNC(C)(C)C)cc1. The fourth-order valence-electron chi connectivity index (χ4n) is 1.26. The van der Waals surface area contributed by atoms with Gasteiger partial charge in [-0.2, -0.15) is 0 Å². The van der Waals surface area contributed by atoms with Crippen LogP contribution >= 0.6 is 0 Å². The van der Waals surface area contributed by atoms with Crippen LogP contribution in [-0.2, 0) is 13.0 Å². The summed E-state index contributed by atoms with van der Waals surface area (Å²) in [6.45, 7) is 9.70. The van der Waals surface area contributed by atoms with Crippen LogP contribution in [0.15, 0.2) is 24.3 Å². The number of hydrogen-bond acceptors (Lipinski definition) is 1. The molecule has 1 heteroatoms. The molecule has 1 rings (SSSR count). The van der Waals surface area contributed by atoms with Gasteiger partial charge in [0, 0.05) is 12.1 Å². The van der Waals surface area contributed by atoms with Crippen LogP contribution in [0, 0.1) is 0 Å². The Morgan fingerprint density at radius 2 is 1.50 bits per heavy atom. The molecular weight excluding hydrogens is 170 g/mol. The molecule has 78 valence electrons. The van der Waals surface area contributed by atoms with Crippen LogP contribution in [-0.4, -0.2) is 5.54 Å². The predicted octanol–water partition coefficient (Wildman–Crippen LogP) is 3.14. The van der Waals surface area contributed by atoms with E-state index in [1.165, 1.54) is 11.1 Å². The standard InChI is InChI=1S/C13H21N/c1-5-11-6-8-12(9-7-11)10-14-13(2,3)4/h6-9,14H,5,10H2,1-4H3. The van der Waals surface area contributed by atoms with Crippen molar-refractivity contribution in [2.24, 2.45) is 0 Å². The second kappa shape index (κ2) is 4.61. The number of hydrogen-bond donors (Lipinski definition) is 1. The molecule has 0 aliphatic heterocycles. The Bertz CT molecular complexity index is 266. The molecule has 1 nitrogen and oxygen atoms in total. The zero-order chi connectivity index (χ0) is 10.6. The van der Waals surface area contributed by atoms with Crippen LogP contribution in [0.1, 0.15) is 38.8 Å². The van der Waals surface area contributed by atoms with E-state index in [0.29, 0.717) is 0 Å². The van der Waals surface area contributed by atoms with Gasteiger partial charge in [-0.1, -0.05) is 31.2 Å². The highest BCUT2D eigenvalue weighted by Crippen LogP contribution is 2.07. The average Bonchev–Trinajstić information content (AvgIpc) is 2.14. The summed E-state index contributed by atoms with van der Waals surface area (Å²) in [6, 6.07) is 8.83. The van der Waals surface area contributed by atoms with E-state index in [1.54, 1.807) is 0 Å². The van der Waals surface area contributed by atoms with Crippen molar-refractivity contribution in [1.82, 2.24) is 5.32 Å². The highest BCUT2D eigenvalue weighted by Gasteiger charge is 2.07. The summed E-state index contributed by atoms with van der Waals surface area (Å²) in [4.78, 5) is 0. The lowest BCUT2D eigenvalue weighted by Crippen LogP contribution is -2.35. The summed E-state index contributed by atoms with van der Waals surface area (Å²) in [7, 11) is 0. The largest absolute Gasteiger partial charge is 0.308 e. The van der Waals surface area contributed by atoms with Gasteiger partial charge in [-0.3, -0.25) is 0 Å². The summed E-state index contributed by atoms with van der Waals surface area (Å²) in [5, 5.41) is 3.48. The minimum atomic E-state index is 0.198. The fraction of sp³-hybridized carbons (Fsp3) is 0.538. The van der Waals surface area contributed by atoms with Gasteiger partial charge in [0.15, 0.2) is 0 Å². The first-order valence-corrected chi connectivity index (χ1v) is 5.34. The molecular formula is C13H21N. The Labute approximate surface area is 87.5 Å². The van der Waals surface area contributed by atoms with E-state index in [9.17, 15) is 0 Å². The van der Waals surface area contributed by atoms with E-state index in [1.807, 2.05) is 0 Å². The highest BCUT2D eigenvalue weighted by molar-refractivity contribution is 5.22. The van der Waals surface area contributed by atoms with Crippen molar-refractivity contribution >= 4 is 0 Å². The molecule has 0 saturated heterocycles. The smallest absolute Gasteiger partial charge is 0.0210 e. The molecule has 1 aromatic rings. The van der Waals surface area contributed by atoms with Crippen molar-refractivity contribution in [3.63, 3.8) is 0 Å². The van der Waals surface area contributed by atoms with E-state index < -0.39 is 0 Å². The molecule has 0 radical (unpaired) electrons. The summed E-state index contributed by atoms with van der Waals surface area (Å²) in [5.41, 5.74) is 2.96. The lowest BCUT2D eigenvalue weighted by molar-refractivity contribution is 0.424. The average molecular weight is 191 g/mol. The molecule has 1 N–H and O–H groups in total. The maximum atomic E-state index is 3.48. The van der Waals surface area contributed by atoms with Gasteiger partial charge in [0.05, 0.1) is 0 Å². The molecule has 0 aliphatic carbocycles. The molecule has 0 saturated carbocycles. The van der Waals surface area contributed by atoms with E-state index >= 15 is 0 Å². The molecule has 14 heavy (non-hydrogen) atoms. The van der Waals surface area contributed by atoms with Gasteiger partial charge < -0.3 is 5.32 Å². The van der Waals surface area contributed by atoms with Crippen molar-refractivity contribution in [2.75, 3.05) is 0 Å². The molecule has 0 atom stereocenters. The Balaban J connectivity index is 2.52. The summed E-state index contributed by atoms with van der Waals surface area (Å²) >= 11 is 0. The maximum Gasteiger partial charge on any atom is 0.0210 e. The summed E-state index contributed by atoms with van der Waals surface area (Å²) in [5.74, 6) is 0. The molecule has 0 unspecified atom stereocenters. The van der Waals surface area contributed by atoms with Gasteiger partial charge >= 0.3 is 0 Å². The highest BCUT2D eigenvalue weighted by atomic mass is 14.9. The quantitative estimate of drug-likeness (QED) is 0.774. The zero-order valence-corrected chi connectivity index (χ0v) is 9.72. The van der Waals surface area contributed by atoms with Gasteiger partial charge in [0.25, 0.3) is 0 Å². The third kappa shape index (κ3) is 3.93. The van der Waals surface area contributed by atoms with Crippen molar-refractivity contribution in [3.8, 4) is 0 Å². The van der Waals surface area contributed by atoms with E-state index in [2.05, 4.69) is 57.3 Å². The van der Waals surface area contributed by atoms with Gasteiger partial charge in [-0.25, -0.2) is 0 Å². The van der Waals surface area contributed by atoms with E-state index in [-0.39, 0.29) is 5.54 Å². The van der Waals surface area contributed by atoms with Crippen molar-refractivity contribution in [2.45, 2.75) is 46.2 Å². The Hall–Kier alpha value is -0.820. The second-order valence-corrected chi connectivity index (χ2v) is 4.77. The first-order chi connectivity index (χ1) is 6.51. The maximum absolute atomic E-state index is 3.48. The van der Waals surface area contributed by atoms with Crippen LogP contribution in [0.25, 0.3) is 0 Å². The van der Waals surface area contributed by atoms with Gasteiger partial charge in [0.2, 0.25) is 0 Å². The third-order valence-corrected chi connectivity index (χ3v) is 2.25. The molecule has 0 spiro atoms. The second-order valence-electron chi connectivity index (χ2n) is 4.77. The molecule has 0 heterocycles. The summed E-state index contributed by atoms with van der Waals surface area (Å²) < 4.78 is 0. The minimum absolute atomic E-state index is 0.198. The van der Waals surface area contributed by atoms with Gasteiger partial charge in [-0.05, 0) is 38.3 Å². The number of aryl methyl sites for hydroxylation is 1. The number of benzene rings is 1. The predicted molar refractivity (Wildman–Crippen MR) is 62.4 cm³/mol. The van der Waals surface area contributed by atoms with Crippen LogP contribution < -0.4 is 5.32 Å². The van der Waals surface area contributed by atoms with Crippen LogP contribution in [0.3, 0.4) is 0 Å². The normalized spacial score (nSPS) is 11.7. The van der Waals surface area contributed by atoms with Crippen molar-refractivity contribution in [3.05, 3.63) is 35.4 Å². The van der Waals surface area contributed by atoms with Crippen molar-refractivity contribution < 1.29 is 0 Å². The number of nitrogens with one attached hydrogen (secondary N) is 1. The van der Waals surface area contributed by atoms with E-state index in [4.69, 9.17) is 0 Å². The minimum Gasteiger partial charge on any atom is -0.308 e. The fourth-order valence-corrected chi connectivity index (χ4v) is 1.26. The van der Waals surface area contributed by atoms with E-state index in [0.717, 1.165) is 13.0 Å². The lowest BCUT2D eigenvalue weighted by atomic mass is 10.1. The van der Waals surface area contributed by atoms with Crippen LogP contribution in [0.5, 0.6) is 0 Å². The Kier molecular flexibility index (Phi) is 3.70. The molecule has 0 aliphatic rings. The Morgan fingerprint density at radius 1 is 1.00 bits per heavy atom. The number of rotatable bonds is 3. The summed E-state index contributed by atoms with van der Waals surface area (Å²) in [6.07, 6.45) is 1.12. The first-order valence-electron chi connectivity index (χ1n) is 5.34. The lowest BCUT2D eigenvalue weighted by Gasteiger charge is -2.20. The van der Waals surface area contributed by atoms with Crippen LogP contribution in [0.4, 0.5) is 0 Å². The molecule has 0 amide bonds. The molecule has 0 fully saturated rings. The topological polar surface area (TPSA) is 12.0 Å². The first kappa shape index (κ1) is 11.3.